The van der Waals surface area contributed by atoms with E-state index in [-0.39, 0.29) is 5.41 Å². The molecule has 3 heteroatoms. The fraction of sp³-hybridized carbons (Fsp3) is 0.625. The summed E-state index contributed by atoms with van der Waals surface area (Å²) in [5.41, 5.74) is 8.53. The molecule has 19 heavy (non-hydrogen) atoms. The molecular weight excluding hydrogens is 238 g/mol. The van der Waals surface area contributed by atoms with E-state index >= 15 is 0 Å². The molecule has 1 aliphatic heterocycles. The Morgan fingerprint density at radius 2 is 2.16 bits per heavy atom. The zero-order valence-electron chi connectivity index (χ0n) is 12.2. The van der Waals surface area contributed by atoms with Crippen molar-refractivity contribution in [2.24, 2.45) is 11.7 Å². The number of aryl methyl sites for hydroxylation is 1. The van der Waals surface area contributed by atoms with Crippen molar-refractivity contribution in [3.8, 4) is 5.75 Å². The number of benzene rings is 1. The first-order chi connectivity index (χ1) is 9.15. The lowest BCUT2D eigenvalue weighted by Crippen LogP contribution is -2.48. The maximum absolute atomic E-state index is 5.79. The maximum atomic E-state index is 5.79. The van der Waals surface area contributed by atoms with Crippen LogP contribution in [0.25, 0.3) is 0 Å². The number of ether oxygens (including phenoxy) is 2. The van der Waals surface area contributed by atoms with E-state index in [1.54, 1.807) is 7.11 Å². The van der Waals surface area contributed by atoms with Crippen molar-refractivity contribution in [2.45, 2.75) is 32.1 Å². The van der Waals surface area contributed by atoms with Crippen LogP contribution < -0.4 is 10.5 Å². The standard InChI is InChI=1S/C16H25NO2/c1-4-13-5-6-15(18-3)14(7-13)16(10-19-11-16)8-12(2)9-17/h5-7,12H,4,8-11,17H2,1-3H3. The summed E-state index contributed by atoms with van der Waals surface area (Å²) in [5, 5.41) is 0. The second-order valence-corrected chi connectivity index (χ2v) is 5.71. The van der Waals surface area contributed by atoms with Gasteiger partial charge in [-0.25, -0.2) is 0 Å². The van der Waals surface area contributed by atoms with E-state index in [1.165, 1.54) is 11.1 Å². The normalized spacial score (nSPS) is 18.7. The highest BCUT2D eigenvalue weighted by molar-refractivity contribution is 5.44. The maximum Gasteiger partial charge on any atom is 0.122 e. The van der Waals surface area contributed by atoms with Gasteiger partial charge in [0.2, 0.25) is 0 Å². The van der Waals surface area contributed by atoms with Crippen LogP contribution in [0.4, 0.5) is 0 Å². The Morgan fingerprint density at radius 1 is 1.42 bits per heavy atom. The highest BCUT2D eigenvalue weighted by Gasteiger charge is 2.43. The molecule has 1 aromatic carbocycles. The van der Waals surface area contributed by atoms with Crippen molar-refractivity contribution in [1.29, 1.82) is 0 Å². The first-order valence-corrected chi connectivity index (χ1v) is 7.10. The predicted molar refractivity (Wildman–Crippen MR) is 77.7 cm³/mol. The van der Waals surface area contributed by atoms with Crippen molar-refractivity contribution in [3.05, 3.63) is 29.3 Å². The summed E-state index contributed by atoms with van der Waals surface area (Å²) in [7, 11) is 1.74. The molecule has 1 fully saturated rings. The molecule has 1 aliphatic rings. The fourth-order valence-corrected chi connectivity index (χ4v) is 2.87. The van der Waals surface area contributed by atoms with Gasteiger partial charge in [-0.2, -0.15) is 0 Å². The zero-order valence-corrected chi connectivity index (χ0v) is 12.2. The van der Waals surface area contributed by atoms with Gasteiger partial charge in [-0.05, 0) is 36.9 Å². The Morgan fingerprint density at radius 3 is 2.63 bits per heavy atom. The Labute approximate surface area is 116 Å². The summed E-state index contributed by atoms with van der Waals surface area (Å²) < 4.78 is 11.1. The molecule has 0 bridgehead atoms. The van der Waals surface area contributed by atoms with Crippen molar-refractivity contribution in [3.63, 3.8) is 0 Å². The van der Waals surface area contributed by atoms with Crippen molar-refractivity contribution < 1.29 is 9.47 Å². The van der Waals surface area contributed by atoms with E-state index in [9.17, 15) is 0 Å². The second kappa shape index (κ2) is 5.93. The molecule has 1 unspecified atom stereocenters. The average molecular weight is 263 g/mol. The summed E-state index contributed by atoms with van der Waals surface area (Å²) >= 11 is 0. The molecule has 0 saturated carbocycles. The minimum Gasteiger partial charge on any atom is -0.496 e. The smallest absolute Gasteiger partial charge is 0.122 e. The van der Waals surface area contributed by atoms with Crippen LogP contribution in [0.3, 0.4) is 0 Å². The van der Waals surface area contributed by atoms with E-state index in [0.717, 1.165) is 38.3 Å². The Kier molecular flexibility index (Phi) is 4.48. The molecule has 1 heterocycles. The van der Waals surface area contributed by atoms with Gasteiger partial charge in [0.15, 0.2) is 0 Å². The molecule has 0 aromatic heterocycles. The summed E-state index contributed by atoms with van der Waals surface area (Å²) in [5.74, 6) is 1.48. The number of hydrogen-bond donors (Lipinski definition) is 1. The van der Waals surface area contributed by atoms with Crippen molar-refractivity contribution >= 4 is 0 Å². The summed E-state index contributed by atoms with van der Waals surface area (Å²) in [6.45, 7) is 6.66. The number of rotatable bonds is 6. The molecule has 0 radical (unpaired) electrons. The van der Waals surface area contributed by atoms with Crippen LogP contribution in [0, 0.1) is 5.92 Å². The third kappa shape index (κ3) is 2.77. The molecule has 0 amide bonds. The largest absolute Gasteiger partial charge is 0.496 e. The SMILES string of the molecule is CCc1ccc(OC)c(C2(CC(C)CN)COC2)c1. The third-order valence-corrected chi connectivity index (χ3v) is 4.14. The molecular formula is C16H25NO2. The highest BCUT2D eigenvalue weighted by atomic mass is 16.5. The van der Waals surface area contributed by atoms with Gasteiger partial charge in [0, 0.05) is 11.0 Å². The van der Waals surface area contributed by atoms with Gasteiger partial charge >= 0.3 is 0 Å². The predicted octanol–water partition coefficient (Wildman–Crippen LogP) is 2.51. The van der Waals surface area contributed by atoms with Crippen LogP contribution in [-0.2, 0) is 16.6 Å². The van der Waals surface area contributed by atoms with Gasteiger partial charge in [-0.15, -0.1) is 0 Å². The van der Waals surface area contributed by atoms with Gasteiger partial charge < -0.3 is 15.2 Å². The Hall–Kier alpha value is -1.06. The summed E-state index contributed by atoms with van der Waals surface area (Å²) in [6, 6.07) is 6.51. The fourth-order valence-electron chi connectivity index (χ4n) is 2.87. The Bertz CT molecular complexity index is 427. The third-order valence-electron chi connectivity index (χ3n) is 4.14. The van der Waals surface area contributed by atoms with Gasteiger partial charge in [-0.3, -0.25) is 0 Å². The number of hydrogen-bond acceptors (Lipinski definition) is 3. The monoisotopic (exact) mass is 263 g/mol. The van der Waals surface area contributed by atoms with Crippen molar-refractivity contribution in [2.75, 3.05) is 26.9 Å². The van der Waals surface area contributed by atoms with Gasteiger partial charge in [0.05, 0.1) is 20.3 Å². The second-order valence-electron chi connectivity index (χ2n) is 5.71. The molecule has 1 aromatic rings. The number of nitrogens with two attached hydrogens (primary N) is 1. The van der Waals surface area contributed by atoms with E-state index in [2.05, 4.69) is 32.0 Å². The average Bonchev–Trinajstić information content (AvgIpc) is 2.41. The molecule has 106 valence electrons. The van der Waals surface area contributed by atoms with Crippen LogP contribution >= 0.6 is 0 Å². The molecule has 2 rings (SSSR count). The van der Waals surface area contributed by atoms with Gasteiger partial charge in [-0.1, -0.05) is 26.0 Å². The van der Waals surface area contributed by atoms with E-state index in [1.807, 2.05) is 0 Å². The van der Waals surface area contributed by atoms with Crippen LogP contribution in [-0.4, -0.2) is 26.9 Å². The molecule has 0 aliphatic carbocycles. The quantitative estimate of drug-likeness (QED) is 0.857. The lowest BCUT2D eigenvalue weighted by atomic mass is 9.71. The van der Waals surface area contributed by atoms with Crippen LogP contribution in [0.5, 0.6) is 5.75 Å². The molecule has 0 spiro atoms. The van der Waals surface area contributed by atoms with Gasteiger partial charge in [0.25, 0.3) is 0 Å². The minimum absolute atomic E-state index is 0.0926. The van der Waals surface area contributed by atoms with Crippen LogP contribution in [0.2, 0.25) is 0 Å². The minimum atomic E-state index is 0.0926. The first kappa shape index (κ1) is 14.4. The van der Waals surface area contributed by atoms with Crippen LogP contribution in [0.1, 0.15) is 31.4 Å². The molecule has 3 nitrogen and oxygen atoms in total. The van der Waals surface area contributed by atoms with Gasteiger partial charge in [0.1, 0.15) is 5.75 Å². The Balaban J connectivity index is 2.36. The van der Waals surface area contributed by atoms with E-state index < -0.39 is 0 Å². The number of methoxy groups -OCH3 is 1. The summed E-state index contributed by atoms with van der Waals surface area (Å²) in [6.07, 6.45) is 2.10. The lowest BCUT2D eigenvalue weighted by molar-refractivity contribution is -0.0711. The lowest BCUT2D eigenvalue weighted by Gasteiger charge is -2.44. The first-order valence-electron chi connectivity index (χ1n) is 7.10. The van der Waals surface area contributed by atoms with Crippen molar-refractivity contribution in [1.82, 2.24) is 0 Å². The van der Waals surface area contributed by atoms with E-state index in [4.69, 9.17) is 15.2 Å². The topological polar surface area (TPSA) is 44.5 Å². The molecule has 2 N–H and O–H groups in total. The summed E-state index contributed by atoms with van der Waals surface area (Å²) in [4.78, 5) is 0. The van der Waals surface area contributed by atoms with E-state index in [0.29, 0.717) is 5.92 Å². The molecule has 1 atom stereocenters. The molecule has 1 saturated heterocycles. The van der Waals surface area contributed by atoms with Crippen LogP contribution in [0.15, 0.2) is 18.2 Å². The highest BCUT2D eigenvalue weighted by Crippen LogP contribution is 2.42. The zero-order chi connectivity index (χ0) is 13.9.